The van der Waals surface area contributed by atoms with E-state index in [1.54, 1.807) is 7.11 Å². The zero-order valence-electron chi connectivity index (χ0n) is 7.90. The van der Waals surface area contributed by atoms with Crippen molar-refractivity contribution in [2.75, 3.05) is 7.11 Å². The van der Waals surface area contributed by atoms with Crippen molar-refractivity contribution in [1.29, 1.82) is 0 Å². The molecule has 14 heavy (non-hydrogen) atoms. The molecule has 0 unspecified atom stereocenters. The number of ether oxygens (including phenoxy) is 1. The van der Waals surface area contributed by atoms with Crippen LogP contribution in [0.3, 0.4) is 0 Å². The van der Waals surface area contributed by atoms with Crippen molar-refractivity contribution >= 4 is 10.9 Å². The van der Waals surface area contributed by atoms with Crippen molar-refractivity contribution in [2.24, 2.45) is 5.73 Å². The van der Waals surface area contributed by atoms with Crippen LogP contribution in [0.5, 0.6) is 5.75 Å². The highest BCUT2D eigenvalue weighted by molar-refractivity contribution is 5.82. The number of nitrogens with zero attached hydrogens (tertiary/aromatic N) is 2. The van der Waals surface area contributed by atoms with Crippen LogP contribution in [0.2, 0.25) is 0 Å². The molecule has 0 atom stereocenters. The van der Waals surface area contributed by atoms with Gasteiger partial charge in [0.15, 0.2) is 0 Å². The monoisotopic (exact) mass is 189 g/mol. The third kappa shape index (κ3) is 1.40. The van der Waals surface area contributed by atoms with Crippen molar-refractivity contribution in [2.45, 2.75) is 6.54 Å². The van der Waals surface area contributed by atoms with Crippen LogP contribution in [-0.2, 0) is 6.54 Å². The Hall–Kier alpha value is -1.68. The Morgan fingerprint density at radius 3 is 2.93 bits per heavy atom. The maximum Gasteiger partial charge on any atom is 0.119 e. The maximum absolute atomic E-state index is 5.58. The second-order valence-electron chi connectivity index (χ2n) is 2.91. The van der Waals surface area contributed by atoms with E-state index >= 15 is 0 Å². The van der Waals surface area contributed by atoms with Crippen molar-refractivity contribution in [3.63, 3.8) is 0 Å². The summed E-state index contributed by atoms with van der Waals surface area (Å²) in [5.74, 6) is 0.794. The maximum atomic E-state index is 5.58. The second kappa shape index (κ2) is 3.59. The minimum atomic E-state index is 0.409. The van der Waals surface area contributed by atoms with E-state index < -0.39 is 0 Å². The van der Waals surface area contributed by atoms with Crippen LogP contribution in [0.1, 0.15) is 5.69 Å². The highest BCUT2D eigenvalue weighted by atomic mass is 16.5. The van der Waals surface area contributed by atoms with E-state index in [0.29, 0.717) is 6.54 Å². The molecule has 4 heteroatoms. The first-order chi connectivity index (χ1) is 6.85. The summed E-state index contributed by atoms with van der Waals surface area (Å²) in [6, 6.07) is 5.67. The van der Waals surface area contributed by atoms with E-state index in [9.17, 15) is 0 Å². The molecule has 0 spiro atoms. The molecule has 0 saturated carbocycles. The Labute approximate surface area is 81.7 Å². The lowest BCUT2D eigenvalue weighted by atomic mass is 10.2. The molecule has 0 bridgehead atoms. The van der Waals surface area contributed by atoms with Crippen LogP contribution in [-0.4, -0.2) is 17.1 Å². The van der Waals surface area contributed by atoms with Crippen molar-refractivity contribution < 1.29 is 4.74 Å². The van der Waals surface area contributed by atoms with Gasteiger partial charge in [0.2, 0.25) is 0 Å². The fourth-order valence-electron chi connectivity index (χ4n) is 1.38. The number of methoxy groups -OCH3 is 1. The van der Waals surface area contributed by atoms with Gasteiger partial charge in [0.25, 0.3) is 0 Å². The molecule has 1 heterocycles. The van der Waals surface area contributed by atoms with E-state index in [4.69, 9.17) is 10.5 Å². The smallest absolute Gasteiger partial charge is 0.119 e. The van der Waals surface area contributed by atoms with Gasteiger partial charge in [-0.05, 0) is 18.2 Å². The fraction of sp³-hybridized carbons (Fsp3) is 0.200. The van der Waals surface area contributed by atoms with Gasteiger partial charge in [-0.2, -0.15) is 0 Å². The van der Waals surface area contributed by atoms with E-state index in [1.165, 1.54) is 6.33 Å². The lowest BCUT2D eigenvalue weighted by molar-refractivity contribution is 0.415. The quantitative estimate of drug-likeness (QED) is 0.768. The predicted octanol–water partition coefficient (Wildman–Crippen LogP) is 1.10. The van der Waals surface area contributed by atoms with E-state index in [1.807, 2.05) is 18.2 Å². The number of benzene rings is 1. The van der Waals surface area contributed by atoms with Gasteiger partial charge in [-0.15, -0.1) is 0 Å². The van der Waals surface area contributed by atoms with Crippen LogP contribution < -0.4 is 10.5 Å². The molecule has 72 valence electrons. The summed E-state index contributed by atoms with van der Waals surface area (Å²) in [5, 5.41) is 0.953. The number of aromatic nitrogens is 2. The third-order valence-electron chi connectivity index (χ3n) is 2.12. The minimum Gasteiger partial charge on any atom is -0.497 e. The van der Waals surface area contributed by atoms with Crippen LogP contribution >= 0.6 is 0 Å². The van der Waals surface area contributed by atoms with Crippen molar-refractivity contribution in [1.82, 2.24) is 9.97 Å². The van der Waals surface area contributed by atoms with Gasteiger partial charge in [0, 0.05) is 11.9 Å². The molecule has 0 aliphatic heterocycles. The number of hydrogen-bond donors (Lipinski definition) is 1. The highest BCUT2D eigenvalue weighted by Gasteiger charge is 2.02. The van der Waals surface area contributed by atoms with E-state index in [0.717, 1.165) is 22.3 Å². The van der Waals surface area contributed by atoms with Crippen LogP contribution in [0.4, 0.5) is 0 Å². The SMILES string of the molecule is COc1ccc2ncnc(CN)c2c1. The number of rotatable bonds is 2. The van der Waals surface area contributed by atoms with Gasteiger partial charge in [-0.3, -0.25) is 0 Å². The molecule has 2 N–H and O–H groups in total. The Balaban J connectivity index is 2.70. The van der Waals surface area contributed by atoms with Crippen LogP contribution in [0, 0.1) is 0 Å². The lowest BCUT2D eigenvalue weighted by Crippen LogP contribution is -2.01. The Kier molecular flexibility index (Phi) is 2.28. The zero-order chi connectivity index (χ0) is 9.97. The third-order valence-corrected chi connectivity index (χ3v) is 2.12. The molecule has 2 aromatic rings. The molecule has 1 aromatic heterocycles. The van der Waals surface area contributed by atoms with E-state index in [2.05, 4.69) is 9.97 Å². The summed E-state index contributed by atoms with van der Waals surface area (Å²) >= 11 is 0. The van der Waals surface area contributed by atoms with Gasteiger partial charge in [0.05, 0.1) is 18.3 Å². The lowest BCUT2D eigenvalue weighted by Gasteiger charge is -2.04. The van der Waals surface area contributed by atoms with Crippen molar-refractivity contribution in [3.05, 3.63) is 30.2 Å². The molecule has 2 rings (SSSR count). The summed E-state index contributed by atoms with van der Waals surface area (Å²) in [7, 11) is 1.63. The van der Waals surface area contributed by atoms with Gasteiger partial charge < -0.3 is 10.5 Å². The highest BCUT2D eigenvalue weighted by Crippen LogP contribution is 2.20. The Bertz CT molecular complexity index is 456. The largest absolute Gasteiger partial charge is 0.497 e. The summed E-state index contributed by atoms with van der Waals surface area (Å²) in [6.45, 7) is 0.409. The summed E-state index contributed by atoms with van der Waals surface area (Å²) < 4.78 is 5.13. The van der Waals surface area contributed by atoms with Gasteiger partial charge in [0.1, 0.15) is 12.1 Å². The fourth-order valence-corrected chi connectivity index (χ4v) is 1.38. The first-order valence-electron chi connectivity index (χ1n) is 4.33. The van der Waals surface area contributed by atoms with Gasteiger partial charge in [-0.1, -0.05) is 0 Å². The molecule has 1 aromatic carbocycles. The predicted molar refractivity (Wildman–Crippen MR) is 54.0 cm³/mol. The standard InChI is InChI=1S/C10H11N3O/c1-14-7-2-3-9-8(4-7)10(5-11)13-6-12-9/h2-4,6H,5,11H2,1H3. The molecule has 0 saturated heterocycles. The summed E-state index contributed by atoms with van der Waals surface area (Å²) in [6.07, 6.45) is 1.52. The minimum absolute atomic E-state index is 0.409. The summed E-state index contributed by atoms with van der Waals surface area (Å²) in [4.78, 5) is 8.25. The first-order valence-corrected chi connectivity index (χ1v) is 4.33. The molecule has 0 aliphatic rings. The Morgan fingerprint density at radius 1 is 1.36 bits per heavy atom. The Morgan fingerprint density at radius 2 is 2.21 bits per heavy atom. The second-order valence-corrected chi connectivity index (χ2v) is 2.91. The molecule has 4 nitrogen and oxygen atoms in total. The van der Waals surface area contributed by atoms with Crippen LogP contribution in [0.15, 0.2) is 24.5 Å². The zero-order valence-corrected chi connectivity index (χ0v) is 7.90. The average molecular weight is 189 g/mol. The molecule has 0 amide bonds. The first kappa shape index (κ1) is 8.90. The topological polar surface area (TPSA) is 61.0 Å². The molecule has 0 radical (unpaired) electrons. The number of fused-ring (bicyclic) bond motifs is 1. The number of hydrogen-bond acceptors (Lipinski definition) is 4. The average Bonchev–Trinajstić information content (AvgIpc) is 2.27. The number of nitrogens with two attached hydrogens (primary N) is 1. The molecular weight excluding hydrogens is 178 g/mol. The van der Waals surface area contributed by atoms with Gasteiger partial charge >= 0.3 is 0 Å². The molecule has 0 aliphatic carbocycles. The van der Waals surface area contributed by atoms with Crippen LogP contribution in [0.25, 0.3) is 10.9 Å². The molecule has 0 fully saturated rings. The van der Waals surface area contributed by atoms with Gasteiger partial charge in [-0.25, -0.2) is 9.97 Å². The normalized spacial score (nSPS) is 10.4. The summed E-state index contributed by atoms with van der Waals surface area (Å²) in [5.41, 5.74) is 7.31. The van der Waals surface area contributed by atoms with E-state index in [-0.39, 0.29) is 0 Å². The molecular formula is C10H11N3O. The van der Waals surface area contributed by atoms with Crippen molar-refractivity contribution in [3.8, 4) is 5.75 Å².